The van der Waals surface area contributed by atoms with Crippen molar-refractivity contribution in [3.8, 4) is 5.75 Å². The van der Waals surface area contributed by atoms with Gasteiger partial charge in [0.05, 0.1) is 7.11 Å². The molecule has 0 saturated carbocycles. The van der Waals surface area contributed by atoms with Crippen molar-refractivity contribution in [1.29, 1.82) is 0 Å². The standard InChI is InChI=1S/C13H20N2O2/c1-4-10-7-11(5-6-12(10)17-3)15-13(16)9(2)8-14/h5-7,9H,4,8,14H2,1-3H3,(H,15,16). The molecule has 1 aromatic carbocycles. The van der Waals surface area contributed by atoms with E-state index in [1.54, 1.807) is 14.0 Å². The molecule has 94 valence electrons. The number of carbonyl (C=O) groups excluding carboxylic acids is 1. The molecule has 1 unspecified atom stereocenters. The van der Waals surface area contributed by atoms with E-state index in [0.717, 1.165) is 23.4 Å². The second-order valence-electron chi connectivity index (χ2n) is 4.01. The van der Waals surface area contributed by atoms with Crippen LogP contribution in [-0.2, 0) is 11.2 Å². The minimum atomic E-state index is -0.179. The summed E-state index contributed by atoms with van der Waals surface area (Å²) in [7, 11) is 1.64. The predicted molar refractivity (Wildman–Crippen MR) is 69.2 cm³/mol. The number of anilines is 1. The number of hydrogen-bond donors (Lipinski definition) is 2. The molecule has 1 rings (SSSR count). The summed E-state index contributed by atoms with van der Waals surface area (Å²) >= 11 is 0. The van der Waals surface area contributed by atoms with Crippen molar-refractivity contribution in [2.45, 2.75) is 20.3 Å². The van der Waals surface area contributed by atoms with Crippen LogP contribution in [0.4, 0.5) is 5.69 Å². The van der Waals surface area contributed by atoms with Gasteiger partial charge in [-0.2, -0.15) is 0 Å². The molecule has 3 N–H and O–H groups in total. The van der Waals surface area contributed by atoms with Crippen molar-refractivity contribution in [3.63, 3.8) is 0 Å². The van der Waals surface area contributed by atoms with Gasteiger partial charge in [-0.25, -0.2) is 0 Å². The van der Waals surface area contributed by atoms with E-state index in [9.17, 15) is 4.79 Å². The molecule has 4 heteroatoms. The van der Waals surface area contributed by atoms with Gasteiger partial charge in [0.1, 0.15) is 5.75 Å². The Hall–Kier alpha value is -1.55. The van der Waals surface area contributed by atoms with Gasteiger partial charge >= 0.3 is 0 Å². The van der Waals surface area contributed by atoms with Gasteiger partial charge in [-0.05, 0) is 30.2 Å². The smallest absolute Gasteiger partial charge is 0.228 e. The van der Waals surface area contributed by atoms with Crippen LogP contribution < -0.4 is 15.8 Å². The first-order valence-corrected chi connectivity index (χ1v) is 5.80. The van der Waals surface area contributed by atoms with Gasteiger partial charge in [0.2, 0.25) is 5.91 Å². The lowest BCUT2D eigenvalue weighted by Gasteiger charge is -2.12. The second kappa shape index (κ2) is 6.25. The molecule has 0 aliphatic rings. The first-order valence-electron chi connectivity index (χ1n) is 5.80. The van der Waals surface area contributed by atoms with Gasteiger partial charge < -0.3 is 15.8 Å². The summed E-state index contributed by atoms with van der Waals surface area (Å²) in [6, 6.07) is 5.63. The number of carbonyl (C=O) groups is 1. The van der Waals surface area contributed by atoms with Crippen LogP contribution >= 0.6 is 0 Å². The zero-order valence-electron chi connectivity index (χ0n) is 10.6. The molecule has 0 saturated heterocycles. The van der Waals surface area contributed by atoms with Gasteiger partial charge in [-0.1, -0.05) is 13.8 Å². The zero-order chi connectivity index (χ0) is 12.8. The molecular weight excluding hydrogens is 216 g/mol. The first-order chi connectivity index (χ1) is 8.12. The maximum absolute atomic E-state index is 11.7. The van der Waals surface area contributed by atoms with Crippen molar-refractivity contribution in [1.82, 2.24) is 0 Å². The quantitative estimate of drug-likeness (QED) is 0.819. The van der Waals surface area contributed by atoms with Crippen LogP contribution in [0.2, 0.25) is 0 Å². The second-order valence-corrected chi connectivity index (χ2v) is 4.01. The molecule has 4 nitrogen and oxygen atoms in total. The SMILES string of the molecule is CCc1cc(NC(=O)C(C)CN)ccc1OC. The minimum Gasteiger partial charge on any atom is -0.496 e. The van der Waals surface area contributed by atoms with Crippen molar-refractivity contribution in [3.05, 3.63) is 23.8 Å². The number of rotatable bonds is 5. The zero-order valence-corrected chi connectivity index (χ0v) is 10.6. The van der Waals surface area contributed by atoms with Crippen LogP contribution in [0.1, 0.15) is 19.4 Å². The summed E-state index contributed by atoms with van der Waals surface area (Å²) in [5, 5.41) is 2.84. The van der Waals surface area contributed by atoms with E-state index in [2.05, 4.69) is 5.32 Å². The van der Waals surface area contributed by atoms with Crippen molar-refractivity contribution in [2.75, 3.05) is 19.0 Å². The summed E-state index contributed by atoms with van der Waals surface area (Å²) in [6.45, 7) is 4.20. The lowest BCUT2D eigenvalue weighted by atomic mass is 10.1. The number of methoxy groups -OCH3 is 1. The van der Waals surface area contributed by atoms with Crippen LogP contribution in [0.15, 0.2) is 18.2 Å². The van der Waals surface area contributed by atoms with Crippen LogP contribution in [0.3, 0.4) is 0 Å². The molecule has 0 spiro atoms. The van der Waals surface area contributed by atoms with E-state index in [4.69, 9.17) is 10.5 Å². The maximum Gasteiger partial charge on any atom is 0.228 e. The molecular formula is C13H20N2O2. The van der Waals surface area contributed by atoms with Crippen molar-refractivity contribution >= 4 is 11.6 Å². The Balaban J connectivity index is 2.82. The Bertz CT molecular complexity index is 391. The van der Waals surface area contributed by atoms with Gasteiger partial charge in [-0.15, -0.1) is 0 Å². The fourth-order valence-electron chi connectivity index (χ4n) is 1.51. The fraction of sp³-hybridized carbons (Fsp3) is 0.462. The Morgan fingerprint density at radius 1 is 1.53 bits per heavy atom. The Labute approximate surface area is 102 Å². The number of ether oxygens (including phenoxy) is 1. The van der Waals surface area contributed by atoms with Gasteiger partial charge in [-0.3, -0.25) is 4.79 Å². The molecule has 17 heavy (non-hydrogen) atoms. The monoisotopic (exact) mass is 236 g/mol. The van der Waals surface area contributed by atoms with Crippen LogP contribution in [-0.4, -0.2) is 19.6 Å². The lowest BCUT2D eigenvalue weighted by Crippen LogP contribution is -2.26. The maximum atomic E-state index is 11.7. The van der Waals surface area contributed by atoms with E-state index < -0.39 is 0 Å². The van der Waals surface area contributed by atoms with E-state index in [0.29, 0.717) is 6.54 Å². The van der Waals surface area contributed by atoms with E-state index in [1.807, 2.05) is 25.1 Å². The summed E-state index contributed by atoms with van der Waals surface area (Å²) in [4.78, 5) is 11.7. The van der Waals surface area contributed by atoms with Crippen LogP contribution in [0, 0.1) is 5.92 Å². The minimum absolute atomic E-state index is 0.0558. The van der Waals surface area contributed by atoms with E-state index >= 15 is 0 Å². The average Bonchev–Trinajstić information content (AvgIpc) is 2.37. The fourth-order valence-corrected chi connectivity index (χ4v) is 1.51. The van der Waals surface area contributed by atoms with Gasteiger partial charge in [0, 0.05) is 18.2 Å². The summed E-state index contributed by atoms with van der Waals surface area (Å²) in [6.07, 6.45) is 0.860. The van der Waals surface area contributed by atoms with Crippen LogP contribution in [0.25, 0.3) is 0 Å². The Morgan fingerprint density at radius 2 is 2.24 bits per heavy atom. The molecule has 1 amide bonds. The molecule has 0 aliphatic carbocycles. The third kappa shape index (κ3) is 3.46. The van der Waals surface area contributed by atoms with Gasteiger partial charge in [0.15, 0.2) is 0 Å². The highest BCUT2D eigenvalue weighted by Crippen LogP contribution is 2.23. The molecule has 0 aliphatic heterocycles. The number of nitrogens with two attached hydrogens (primary N) is 1. The average molecular weight is 236 g/mol. The topological polar surface area (TPSA) is 64.4 Å². The van der Waals surface area contributed by atoms with Gasteiger partial charge in [0.25, 0.3) is 0 Å². The first kappa shape index (κ1) is 13.5. The predicted octanol–water partition coefficient (Wildman–Crippen LogP) is 1.79. The highest BCUT2D eigenvalue weighted by atomic mass is 16.5. The molecule has 1 aromatic rings. The number of benzene rings is 1. The van der Waals surface area contributed by atoms with E-state index in [-0.39, 0.29) is 11.8 Å². The third-order valence-corrected chi connectivity index (χ3v) is 2.73. The van der Waals surface area contributed by atoms with Crippen molar-refractivity contribution < 1.29 is 9.53 Å². The number of nitrogens with one attached hydrogen (secondary N) is 1. The number of hydrogen-bond acceptors (Lipinski definition) is 3. The summed E-state index contributed by atoms with van der Waals surface area (Å²) < 4.78 is 5.23. The molecule has 0 heterocycles. The van der Waals surface area contributed by atoms with E-state index in [1.165, 1.54) is 0 Å². The largest absolute Gasteiger partial charge is 0.496 e. The molecule has 0 bridgehead atoms. The van der Waals surface area contributed by atoms with Crippen LogP contribution in [0.5, 0.6) is 5.75 Å². The highest BCUT2D eigenvalue weighted by Gasteiger charge is 2.11. The Kier molecular flexibility index (Phi) is 4.97. The number of amides is 1. The molecule has 1 atom stereocenters. The molecule has 0 aromatic heterocycles. The third-order valence-electron chi connectivity index (χ3n) is 2.73. The lowest BCUT2D eigenvalue weighted by molar-refractivity contribution is -0.119. The highest BCUT2D eigenvalue weighted by molar-refractivity contribution is 5.92. The molecule has 0 fully saturated rings. The number of aryl methyl sites for hydroxylation is 1. The molecule has 0 radical (unpaired) electrons. The van der Waals surface area contributed by atoms with Crippen molar-refractivity contribution in [2.24, 2.45) is 11.7 Å². The summed E-state index contributed by atoms with van der Waals surface area (Å²) in [5.41, 5.74) is 7.31. The summed E-state index contributed by atoms with van der Waals surface area (Å²) in [5.74, 6) is 0.610. The normalized spacial score (nSPS) is 12.0. The Morgan fingerprint density at radius 3 is 2.76 bits per heavy atom.